The van der Waals surface area contributed by atoms with Crippen LogP contribution in [-0.2, 0) is 6.42 Å². The number of aryl methyl sites for hydroxylation is 1. The van der Waals surface area contributed by atoms with E-state index in [1.54, 1.807) is 16.9 Å². The highest BCUT2D eigenvalue weighted by molar-refractivity contribution is 5.86. The number of ether oxygens (including phenoxy) is 1. The molecule has 0 aliphatic carbocycles. The van der Waals surface area contributed by atoms with Gasteiger partial charge in [0.15, 0.2) is 0 Å². The molecule has 0 saturated carbocycles. The predicted molar refractivity (Wildman–Crippen MR) is 85.8 cm³/mol. The van der Waals surface area contributed by atoms with E-state index < -0.39 is 0 Å². The van der Waals surface area contributed by atoms with Crippen molar-refractivity contribution in [3.63, 3.8) is 0 Å². The Labute approximate surface area is 131 Å². The molecule has 0 spiro atoms. The Morgan fingerprint density at radius 2 is 2.22 bits per heavy atom. The highest BCUT2D eigenvalue weighted by atomic mass is 19.1. The number of fused-ring (bicyclic) bond motifs is 2. The van der Waals surface area contributed by atoms with Gasteiger partial charge in [0, 0.05) is 18.0 Å². The molecular formula is C16H14FN5O. The van der Waals surface area contributed by atoms with E-state index in [0.717, 1.165) is 29.5 Å². The second kappa shape index (κ2) is 5.05. The average Bonchev–Trinajstić information content (AvgIpc) is 2.97. The molecule has 3 heterocycles. The van der Waals surface area contributed by atoms with Crippen LogP contribution < -0.4 is 10.5 Å². The van der Waals surface area contributed by atoms with E-state index in [0.29, 0.717) is 17.1 Å². The molecule has 2 aromatic heterocycles. The van der Waals surface area contributed by atoms with Gasteiger partial charge in [0.25, 0.3) is 0 Å². The van der Waals surface area contributed by atoms with Crippen molar-refractivity contribution in [2.24, 2.45) is 4.99 Å². The van der Waals surface area contributed by atoms with Gasteiger partial charge >= 0.3 is 0 Å². The first kappa shape index (κ1) is 13.7. The largest absolute Gasteiger partial charge is 0.479 e. The molecule has 116 valence electrons. The lowest BCUT2D eigenvalue weighted by Gasteiger charge is -2.13. The lowest BCUT2D eigenvalue weighted by Crippen LogP contribution is -2.03. The van der Waals surface area contributed by atoms with Gasteiger partial charge in [-0.05, 0) is 42.2 Å². The number of nitrogens with two attached hydrogens (primary N) is 1. The molecule has 0 saturated heterocycles. The van der Waals surface area contributed by atoms with Crippen LogP contribution in [0.3, 0.4) is 0 Å². The molecule has 23 heavy (non-hydrogen) atoms. The second-order valence-corrected chi connectivity index (χ2v) is 5.32. The number of benzene rings is 1. The quantitative estimate of drug-likeness (QED) is 0.789. The molecule has 7 heteroatoms. The van der Waals surface area contributed by atoms with Gasteiger partial charge < -0.3 is 10.5 Å². The summed E-state index contributed by atoms with van der Waals surface area (Å²) < 4.78 is 21.3. The molecule has 0 unspecified atom stereocenters. The number of aliphatic imine (C=N–C) groups is 1. The van der Waals surface area contributed by atoms with Crippen LogP contribution in [-0.4, -0.2) is 27.9 Å². The van der Waals surface area contributed by atoms with Gasteiger partial charge in [0.05, 0.1) is 7.11 Å². The third kappa shape index (κ3) is 2.12. The summed E-state index contributed by atoms with van der Waals surface area (Å²) in [5.74, 6) is 0.138. The summed E-state index contributed by atoms with van der Waals surface area (Å²) in [5, 5.41) is 4.13. The molecule has 0 fully saturated rings. The number of nitrogens with zero attached hydrogens (tertiary/aromatic N) is 4. The summed E-state index contributed by atoms with van der Waals surface area (Å²) in [5.41, 5.74) is 9.18. The number of anilines is 1. The SMILES string of the molecule is COc1nc(N)nn2ccc(-c3cc(F)c4c(c3)CCC=N4)c12. The van der Waals surface area contributed by atoms with E-state index >= 15 is 0 Å². The smallest absolute Gasteiger partial charge is 0.243 e. The first-order chi connectivity index (χ1) is 11.2. The molecule has 1 aliphatic heterocycles. The molecule has 4 rings (SSSR count). The highest BCUT2D eigenvalue weighted by Gasteiger charge is 2.18. The highest BCUT2D eigenvalue weighted by Crippen LogP contribution is 2.36. The molecular weight excluding hydrogens is 297 g/mol. The standard InChI is InChI=1S/C16H14FN5O/c1-23-15-14-11(4-6-22(14)21-16(18)20-15)10-7-9-3-2-5-19-13(9)12(17)8-10/h4-8H,2-3H2,1H3,(H2,18,21). The van der Waals surface area contributed by atoms with E-state index in [4.69, 9.17) is 10.5 Å². The number of nitrogen functional groups attached to an aromatic ring is 1. The Hall–Kier alpha value is -2.96. The minimum atomic E-state index is -0.330. The predicted octanol–water partition coefficient (Wildman–Crippen LogP) is 2.77. The topological polar surface area (TPSA) is 77.8 Å². The van der Waals surface area contributed by atoms with Crippen molar-refractivity contribution < 1.29 is 9.13 Å². The lowest BCUT2D eigenvalue weighted by molar-refractivity contribution is 0.400. The van der Waals surface area contributed by atoms with Crippen LogP contribution in [0.25, 0.3) is 16.6 Å². The molecule has 0 bridgehead atoms. The third-order valence-electron chi connectivity index (χ3n) is 3.91. The molecule has 1 aromatic carbocycles. The van der Waals surface area contributed by atoms with Gasteiger partial charge in [0.1, 0.15) is 17.0 Å². The molecule has 6 nitrogen and oxygen atoms in total. The summed E-state index contributed by atoms with van der Waals surface area (Å²) in [6, 6.07) is 5.28. The number of hydrogen-bond acceptors (Lipinski definition) is 5. The van der Waals surface area contributed by atoms with E-state index in [2.05, 4.69) is 15.1 Å². The van der Waals surface area contributed by atoms with Gasteiger partial charge in [-0.1, -0.05) is 0 Å². The van der Waals surface area contributed by atoms with Crippen LogP contribution in [0.4, 0.5) is 16.0 Å². The van der Waals surface area contributed by atoms with E-state index in [1.165, 1.54) is 13.2 Å². The summed E-state index contributed by atoms with van der Waals surface area (Å²) in [6.45, 7) is 0. The molecule has 0 atom stereocenters. The van der Waals surface area contributed by atoms with Gasteiger partial charge in [-0.15, -0.1) is 5.10 Å². The zero-order valence-electron chi connectivity index (χ0n) is 12.5. The van der Waals surface area contributed by atoms with Crippen molar-refractivity contribution in [2.75, 3.05) is 12.8 Å². The first-order valence-corrected chi connectivity index (χ1v) is 7.21. The number of hydrogen-bond donors (Lipinski definition) is 1. The van der Waals surface area contributed by atoms with Crippen molar-refractivity contribution in [2.45, 2.75) is 12.8 Å². The Morgan fingerprint density at radius 1 is 1.35 bits per heavy atom. The maximum absolute atomic E-state index is 14.4. The normalized spacial score (nSPS) is 13.3. The van der Waals surface area contributed by atoms with Gasteiger partial charge in [-0.2, -0.15) is 4.98 Å². The monoisotopic (exact) mass is 311 g/mol. The fourth-order valence-corrected chi connectivity index (χ4v) is 2.91. The van der Waals surface area contributed by atoms with Crippen molar-refractivity contribution >= 4 is 23.4 Å². The molecule has 0 amide bonds. The van der Waals surface area contributed by atoms with Crippen LogP contribution in [0.2, 0.25) is 0 Å². The van der Waals surface area contributed by atoms with Crippen molar-refractivity contribution in [1.82, 2.24) is 14.6 Å². The first-order valence-electron chi connectivity index (χ1n) is 7.21. The fraction of sp³-hybridized carbons (Fsp3) is 0.188. The number of rotatable bonds is 2. The summed E-state index contributed by atoms with van der Waals surface area (Å²) >= 11 is 0. The van der Waals surface area contributed by atoms with Crippen molar-refractivity contribution in [3.05, 3.63) is 35.8 Å². The Morgan fingerprint density at radius 3 is 3.04 bits per heavy atom. The second-order valence-electron chi connectivity index (χ2n) is 5.32. The zero-order chi connectivity index (χ0) is 16.0. The maximum Gasteiger partial charge on any atom is 0.243 e. The maximum atomic E-state index is 14.4. The zero-order valence-corrected chi connectivity index (χ0v) is 12.5. The number of halogens is 1. The molecule has 2 N–H and O–H groups in total. The summed E-state index contributed by atoms with van der Waals surface area (Å²) in [4.78, 5) is 8.25. The fourth-order valence-electron chi connectivity index (χ4n) is 2.91. The van der Waals surface area contributed by atoms with E-state index in [1.807, 2.05) is 12.1 Å². The van der Waals surface area contributed by atoms with Crippen LogP contribution in [0.1, 0.15) is 12.0 Å². The lowest BCUT2D eigenvalue weighted by atomic mass is 9.98. The third-order valence-corrected chi connectivity index (χ3v) is 3.91. The summed E-state index contributed by atoms with van der Waals surface area (Å²) in [7, 11) is 1.51. The van der Waals surface area contributed by atoms with Crippen LogP contribution in [0, 0.1) is 5.82 Å². The van der Waals surface area contributed by atoms with Gasteiger partial charge in [0.2, 0.25) is 11.8 Å². The molecule has 1 aliphatic rings. The van der Waals surface area contributed by atoms with Crippen LogP contribution >= 0.6 is 0 Å². The Kier molecular flexibility index (Phi) is 3.00. The van der Waals surface area contributed by atoms with Crippen molar-refractivity contribution in [1.29, 1.82) is 0 Å². The van der Waals surface area contributed by atoms with E-state index in [-0.39, 0.29) is 11.8 Å². The van der Waals surface area contributed by atoms with E-state index in [9.17, 15) is 4.39 Å². The van der Waals surface area contributed by atoms with Gasteiger partial charge in [-0.25, -0.2) is 8.91 Å². The average molecular weight is 311 g/mol. The van der Waals surface area contributed by atoms with Crippen molar-refractivity contribution in [3.8, 4) is 17.0 Å². The summed E-state index contributed by atoms with van der Waals surface area (Å²) in [6.07, 6.45) is 5.09. The Balaban J connectivity index is 1.97. The molecule has 3 aromatic rings. The van der Waals surface area contributed by atoms with Crippen LogP contribution in [0.15, 0.2) is 29.4 Å². The number of aromatic nitrogens is 3. The molecule has 0 radical (unpaired) electrons. The van der Waals surface area contributed by atoms with Gasteiger partial charge in [-0.3, -0.25) is 4.99 Å². The minimum Gasteiger partial charge on any atom is -0.479 e. The van der Waals surface area contributed by atoms with Crippen LogP contribution in [0.5, 0.6) is 5.88 Å². The Bertz CT molecular complexity index is 947. The minimum absolute atomic E-state index is 0.113. The number of methoxy groups -OCH3 is 1.